The molecule has 2 aromatic rings. The van der Waals surface area contributed by atoms with Crippen molar-refractivity contribution in [1.82, 2.24) is 5.32 Å². The average molecular weight is 293 g/mol. The summed E-state index contributed by atoms with van der Waals surface area (Å²) in [6.07, 6.45) is 0. The summed E-state index contributed by atoms with van der Waals surface area (Å²) < 4.78 is 36.8. The molecule has 3 nitrogen and oxygen atoms in total. The van der Waals surface area contributed by atoms with E-state index in [2.05, 4.69) is 5.32 Å². The predicted molar refractivity (Wildman–Crippen MR) is 76.5 cm³/mol. The summed E-state index contributed by atoms with van der Waals surface area (Å²) in [7, 11) is 1.65. The molecule has 0 aliphatic rings. The molecular weight excluding hydrogens is 276 g/mol. The second-order valence-corrected chi connectivity index (χ2v) is 4.47. The maximum atomic E-state index is 13.5. The maximum absolute atomic E-state index is 13.5. The van der Waals surface area contributed by atoms with Gasteiger partial charge in [-0.1, -0.05) is 18.2 Å². The molecule has 0 bridgehead atoms. The number of halogens is 2. The molecule has 0 heterocycles. The molecule has 1 N–H and O–H groups in total. The lowest BCUT2D eigenvalue weighted by molar-refractivity contribution is 0.199. The molecule has 5 heteroatoms. The summed E-state index contributed by atoms with van der Waals surface area (Å²) in [4.78, 5) is 0. The van der Waals surface area contributed by atoms with Crippen LogP contribution in [0.4, 0.5) is 8.78 Å². The Hall–Kier alpha value is -1.98. The Morgan fingerprint density at radius 2 is 1.81 bits per heavy atom. The van der Waals surface area contributed by atoms with Gasteiger partial charge in [-0.25, -0.2) is 4.39 Å². The van der Waals surface area contributed by atoms with Crippen LogP contribution >= 0.6 is 0 Å². The largest absolute Gasteiger partial charge is 0.454 e. The van der Waals surface area contributed by atoms with Crippen LogP contribution in [0.1, 0.15) is 5.56 Å². The lowest BCUT2D eigenvalue weighted by Gasteiger charge is -2.08. The molecule has 0 unspecified atom stereocenters. The minimum Gasteiger partial charge on any atom is -0.454 e. The van der Waals surface area contributed by atoms with E-state index in [1.165, 1.54) is 12.1 Å². The Morgan fingerprint density at radius 1 is 1.05 bits per heavy atom. The van der Waals surface area contributed by atoms with E-state index in [0.717, 1.165) is 18.2 Å². The van der Waals surface area contributed by atoms with Crippen molar-refractivity contribution in [2.75, 3.05) is 20.3 Å². The molecule has 0 aromatic heterocycles. The first-order valence-corrected chi connectivity index (χ1v) is 6.61. The molecular formula is C16H17F2NO2. The van der Waals surface area contributed by atoms with Crippen molar-refractivity contribution in [3.05, 3.63) is 59.7 Å². The molecule has 0 aliphatic carbocycles. The van der Waals surface area contributed by atoms with Crippen LogP contribution in [0.2, 0.25) is 0 Å². The van der Waals surface area contributed by atoms with Gasteiger partial charge in [0.25, 0.3) is 0 Å². The minimum atomic E-state index is -0.984. The number of rotatable bonds is 7. The lowest BCUT2D eigenvalue weighted by Crippen LogP contribution is -2.18. The van der Waals surface area contributed by atoms with Gasteiger partial charge in [0.2, 0.25) is 5.82 Å². The second-order valence-electron chi connectivity index (χ2n) is 4.47. The predicted octanol–water partition coefficient (Wildman–Crippen LogP) is 3.49. The number of benzene rings is 2. The first-order valence-electron chi connectivity index (χ1n) is 6.61. The molecule has 0 spiro atoms. The van der Waals surface area contributed by atoms with E-state index in [1.54, 1.807) is 19.2 Å². The van der Waals surface area contributed by atoms with Crippen LogP contribution < -0.4 is 10.1 Å². The average Bonchev–Trinajstić information content (AvgIpc) is 2.50. The second kappa shape index (κ2) is 7.71. The third-order valence-corrected chi connectivity index (χ3v) is 2.88. The van der Waals surface area contributed by atoms with E-state index < -0.39 is 11.6 Å². The number of hydrogen-bond acceptors (Lipinski definition) is 3. The topological polar surface area (TPSA) is 30.5 Å². The zero-order valence-corrected chi connectivity index (χ0v) is 11.7. The molecule has 2 rings (SSSR count). The number of ether oxygens (including phenoxy) is 2. The summed E-state index contributed by atoms with van der Waals surface area (Å²) in [5, 5.41) is 3.21. The molecule has 21 heavy (non-hydrogen) atoms. The van der Waals surface area contributed by atoms with Gasteiger partial charge in [-0.3, -0.25) is 0 Å². The Labute approximate surface area is 122 Å². The van der Waals surface area contributed by atoms with Crippen molar-refractivity contribution in [2.24, 2.45) is 0 Å². The summed E-state index contributed by atoms with van der Waals surface area (Å²) in [5.41, 5.74) is 1.07. The van der Waals surface area contributed by atoms with Crippen LogP contribution in [0, 0.1) is 11.6 Å². The molecule has 0 saturated carbocycles. The van der Waals surface area contributed by atoms with E-state index >= 15 is 0 Å². The highest BCUT2D eigenvalue weighted by Gasteiger charge is 2.09. The van der Waals surface area contributed by atoms with E-state index in [4.69, 9.17) is 9.47 Å². The number of hydrogen-bond donors (Lipinski definition) is 1. The van der Waals surface area contributed by atoms with Gasteiger partial charge in [0.1, 0.15) is 5.75 Å². The molecule has 2 aromatic carbocycles. The number of nitrogens with one attached hydrogen (secondary N) is 1. The summed E-state index contributed by atoms with van der Waals surface area (Å²) >= 11 is 0. The van der Waals surface area contributed by atoms with Crippen molar-refractivity contribution in [2.45, 2.75) is 6.54 Å². The summed E-state index contributed by atoms with van der Waals surface area (Å²) in [5.74, 6) is -1.57. The van der Waals surface area contributed by atoms with Crippen LogP contribution in [0.15, 0.2) is 42.5 Å². The molecule has 0 fully saturated rings. The highest BCUT2D eigenvalue weighted by molar-refractivity contribution is 5.34. The van der Waals surface area contributed by atoms with Crippen molar-refractivity contribution in [1.29, 1.82) is 0 Å². The van der Waals surface area contributed by atoms with Crippen molar-refractivity contribution in [3.8, 4) is 11.5 Å². The van der Waals surface area contributed by atoms with E-state index in [0.29, 0.717) is 18.9 Å². The quantitative estimate of drug-likeness (QED) is 0.793. The van der Waals surface area contributed by atoms with Crippen LogP contribution in [0.3, 0.4) is 0 Å². The van der Waals surface area contributed by atoms with Gasteiger partial charge in [0.15, 0.2) is 11.6 Å². The first kappa shape index (κ1) is 15.4. The van der Waals surface area contributed by atoms with Crippen LogP contribution in [0.25, 0.3) is 0 Å². The highest BCUT2D eigenvalue weighted by Crippen LogP contribution is 2.25. The summed E-state index contributed by atoms with van der Waals surface area (Å²) in [6.45, 7) is 2.13. The van der Waals surface area contributed by atoms with E-state index in [1.807, 2.05) is 12.1 Å². The molecule has 0 aliphatic heterocycles. The standard InChI is InChI=1S/C16H17F2NO2/c1-20-10-9-19-11-12-5-7-13(8-6-12)21-15-4-2-3-14(17)16(15)18/h2-8,19H,9-11H2,1H3. The maximum Gasteiger partial charge on any atom is 0.201 e. The van der Waals surface area contributed by atoms with Gasteiger partial charge in [-0.2, -0.15) is 4.39 Å². The van der Waals surface area contributed by atoms with Gasteiger partial charge in [-0.15, -0.1) is 0 Å². The van der Waals surface area contributed by atoms with Crippen molar-refractivity contribution in [3.63, 3.8) is 0 Å². The molecule has 112 valence electrons. The Balaban J connectivity index is 1.94. The van der Waals surface area contributed by atoms with Gasteiger partial charge in [0.05, 0.1) is 6.61 Å². The van der Waals surface area contributed by atoms with Gasteiger partial charge < -0.3 is 14.8 Å². The Bertz CT molecular complexity index is 573. The summed E-state index contributed by atoms with van der Waals surface area (Å²) in [6, 6.07) is 11.0. The zero-order chi connectivity index (χ0) is 15.1. The monoisotopic (exact) mass is 293 g/mol. The van der Waals surface area contributed by atoms with Crippen LogP contribution in [-0.2, 0) is 11.3 Å². The Morgan fingerprint density at radius 3 is 2.52 bits per heavy atom. The molecule has 0 saturated heterocycles. The SMILES string of the molecule is COCCNCc1ccc(Oc2cccc(F)c2F)cc1. The van der Waals surface area contributed by atoms with Crippen LogP contribution in [0.5, 0.6) is 11.5 Å². The van der Waals surface area contributed by atoms with Gasteiger partial charge in [0, 0.05) is 20.2 Å². The van der Waals surface area contributed by atoms with Crippen molar-refractivity contribution < 1.29 is 18.3 Å². The zero-order valence-electron chi connectivity index (χ0n) is 11.7. The third kappa shape index (κ3) is 4.51. The van der Waals surface area contributed by atoms with E-state index in [-0.39, 0.29) is 5.75 Å². The fraction of sp³-hybridized carbons (Fsp3) is 0.250. The van der Waals surface area contributed by atoms with Crippen molar-refractivity contribution >= 4 is 0 Å². The fourth-order valence-corrected chi connectivity index (χ4v) is 1.77. The third-order valence-electron chi connectivity index (χ3n) is 2.88. The molecule has 0 radical (unpaired) electrons. The smallest absolute Gasteiger partial charge is 0.201 e. The fourth-order valence-electron chi connectivity index (χ4n) is 1.77. The lowest BCUT2D eigenvalue weighted by atomic mass is 10.2. The van der Waals surface area contributed by atoms with Gasteiger partial charge >= 0.3 is 0 Å². The highest BCUT2D eigenvalue weighted by atomic mass is 19.2. The minimum absolute atomic E-state index is 0.124. The molecule has 0 amide bonds. The van der Waals surface area contributed by atoms with Crippen LogP contribution in [-0.4, -0.2) is 20.3 Å². The Kier molecular flexibility index (Phi) is 5.66. The molecule has 0 atom stereocenters. The number of methoxy groups -OCH3 is 1. The van der Waals surface area contributed by atoms with Gasteiger partial charge in [-0.05, 0) is 29.8 Å². The first-order chi connectivity index (χ1) is 10.2. The van der Waals surface area contributed by atoms with E-state index in [9.17, 15) is 8.78 Å². The normalized spacial score (nSPS) is 10.6.